The van der Waals surface area contributed by atoms with Crippen molar-refractivity contribution in [1.29, 1.82) is 0 Å². The summed E-state index contributed by atoms with van der Waals surface area (Å²) in [6.07, 6.45) is 5.90. The van der Waals surface area contributed by atoms with Crippen molar-refractivity contribution in [3.05, 3.63) is 24.0 Å². The quantitative estimate of drug-likeness (QED) is 0.748. The predicted octanol–water partition coefficient (Wildman–Crippen LogP) is 2.59. The van der Waals surface area contributed by atoms with Crippen LogP contribution in [0.4, 0.5) is 0 Å². The first-order valence-electron chi connectivity index (χ1n) is 6.59. The molecule has 3 heterocycles. The summed E-state index contributed by atoms with van der Waals surface area (Å²) >= 11 is 0. The van der Waals surface area contributed by atoms with Crippen LogP contribution in [-0.2, 0) is 0 Å². The number of amidine groups is 3. The normalized spacial score (nSPS) is 20.7. The average Bonchev–Trinajstić information content (AvgIpc) is 2.38. The fourth-order valence-corrected chi connectivity index (χ4v) is 2.00. The van der Waals surface area contributed by atoms with Crippen LogP contribution in [-0.4, -0.2) is 28.4 Å². The van der Waals surface area contributed by atoms with E-state index in [1.165, 1.54) is 0 Å². The van der Waals surface area contributed by atoms with Crippen LogP contribution in [0, 0.1) is 11.8 Å². The van der Waals surface area contributed by atoms with Crippen molar-refractivity contribution in [3.63, 3.8) is 0 Å². The Morgan fingerprint density at radius 3 is 2.26 bits per heavy atom. The number of rotatable bonds is 2. The van der Waals surface area contributed by atoms with Crippen molar-refractivity contribution < 1.29 is 0 Å². The third-order valence-electron chi connectivity index (χ3n) is 3.07. The van der Waals surface area contributed by atoms with Crippen LogP contribution in [0.25, 0.3) is 0 Å². The molecule has 5 nitrogen and oxygen atoms in total. The number of hydrogen-bond donors (Lipinski definition) is 0. The lowest BCUT2D eigenvalue weighted by atomic mass is 10.1. The van der Waals surface area contributed by atoms with E-state index in [1.807, 2.05) is 23.1 Å². The van der Waals surface area contributed by atoms with Crippen molar-refractivity contribution in [2.24, 2.45) is 31.8 Å². The summed E-state index contributed by atoms with van der Waals surface area (Å²) in [5, 5.41) is 0. The van der Waals surface area contributed by atoms with Crippen molar-refractivity contribution in [1.82, 2.24) is 4.90 Å². The average molecular weight is 255 g/mol. The lowest BCUT2D eigenvalue weighted by molar-refractivity contribution is 0.691. The number of aliphatic imine (C=N–C) groups is 4. The summed E-state index contributed by atoms with van der Waals surface area (Å²) in [6.45, 7) is 8.34. The van der Waals surface area contributed by atoms with E-state index in [4.69, 9.17) is 0 Å². The highest BCUT2D eigenvalue weighted by Crippen LogP contribution is 2.24. The molecule has 3 rings (SSSR count). The first-order chi connectivity index (χ1) is 9.06. The lowest BCUT2D eigenvalue weighted by Crippen LogP contribution is -2.42. The molecule has 3 aliphatic heterocycles. The Bertz CT molecular complexity index is 591. The van der Waals surface area contributed by atoms with Gasteiger partial charge in [-0.1, -0.05) is 33.8 Å². The van der Waals surface area contributed by atoms with Crippen LogP contribution in [0.15, 0.2) is 44.0 Å². The molecule has 0 aromatic rings. The van der Waals surface area contributed by atoms with E-state index < -0.39 is 0 Å². The highest BCUT2D eigenvalue weighted by Gasteiger charge is 2.31. The molecule has 0 bridgehead atoms. The molecule has 0 fully saturated rings. The van der Waals surface area contributed by atoms with E-state index >= 15 is 0 Å². The minimum atomic E-state index is 0.279. The molecule has 0 atom stereocenters. The van der Waals surface area contributed by atoms with Gasteiger partial charge in [0.25, 0.3) is 0 Å². The number of allylic oxidation sites excluding steroid dienone is 2. The van der Waals surface area contributed by atoms with E-state index in [-0.39, 0.29) is 11.8 Å². The van der Waals surface area contributed by atoms with Crippen LogP contribution in [0.5, 0.6) is 0 Å². The molecule has 0 saturated carbocycles. The van der Waals surface area contributed by atoms with E-state index in [0.717, 1.165) is 23.3 Å². The Balaban J connectivity index is 2.13. The first-order valence-corrected chi connectivity index (χ1v) is 6.59. The van der Waals surface area contributed by atoms with Gasteiger partial charge >= 0.3 is 0 Å². The van der Waals surface area contributed by atoms with Crippen LogP contribution in [0.2, 0.25) is 0 Å². The third-order valence-corrected chi connectivity index (χ3v) is 3.07. The summed E-state index contributed by atoms with van der Waals surface area (Å²) in [5.41, 5.74) is 0. The van der Waals surface area contributed by atoms with Crippen LogP contribution >= 0.6 is 0 Å². The maximum Gasteiger partial charge on any atom is 0.240 e. The molecule has 0 aromatic heterocycles. The summed E-state index contributed by atoms with van der Waals surface area (Å²) in [6, 6.07) is 0. The SMILES string of the molecule is CC(C)C1=NC2=CC=CC3=NC(C(C)C)=NC(=N1)N23. The summed E-state index contributed by atoms with van der Waals surface area (Å²) in [7, 11) is 0. The van der Waals surface area contributed by atoms with Gasteiger partial charge in [-0.3, -0.25) is 0 Å². The van der Waals surface area contributed by atoms with E-state index in [1.54, 1.807) is 0 Å². The van der Waals surface area contributed by atoms with Gasteiger partial charge < -0.3 is 0 Å². The second kappa shape index (κ2) is 4.26. The largest absolute Gasteiger partial charge is 0.246 e. The fraction of sp³-hybridized carbons (Fsp3) is 0.429. The van der Waals surface area contributed by atoms with Gasteiger partial charge in [-0.15, -0.1) is 0 Å². The zero-order chi connectivity index (χ0) is 13.6. The van der Waals surface area contributed by atoms with E-state index in [2.05, 4.69) is 47.7 Å². The number of hydrogen-bond acceptors (Lipinski definition) is 5. The van der Waals surface area contributed by atoms with E-state index in [9.17, 15) is 0 Å². The number of guanidine groups is 1. The Morgan fingerprint density at radius 2 is 1.58 bits per heavy atom. The Hall–Kier alpha value is -2.04. The van der Waals surface area contributed by atoms with Gasteiger partial charge in [0.1, 0.15) is 23.3 Å². The summed E-state index contributed by atoms with van der Waals surface area (Å²) in [5.74, 6) is 4.58. The predicted molar refractivity (Wildman–Crippen MR) is 78.5 cm³/mol. The van der Waals surface area contributed by atoms with Crippen molar-refractivity contribution in [2.75, 3.05) is 0 Å². The molecule has 3 aliphatic rings. The molecule has 5 heteroatoms. The third kappa shape index (κ3) is 1.95. The Morgan fingerprint density at radius 1 is 0.895 bits per heavy atom. The van der Waals surface area contributed by atoms with Gasteiger partial charge in [0.05, 0.1) is 0 Å². The highest BCUT2D eigenvalue weighted by molar-refractivity contribution is 6.21. The maximum absolute atomic E-state index is 4.57. The minimum Gasteiger partial charge on any atom is -0.246 e. The van der Waals surface area contributed by atoms with Crippen LogP contribution in [0.3, 0.4) is 0 Å². The fourth-order valence-electron chi connectivity index (χ4n) is 2.00. The van der Waals surface area contributed by atoms with Gasteiger partial charge in [0.2, 0.25) is 5.96 Å². The van der Waals surface area contributed by atoms with Gasteiger partial charge in [-0.05, 0) is 12.2 Å². The topological polar surface area (TPSA) is 52.7 Å². The molecule has 0 radical (unpaired) electrons. The molecule has 0 unspecified atom stereocenters. The van der Waals surface area contributed by atoms with Crippen molar-refractivity contribution in [3.8, 4) is 0 Å². The van der Waals surface area contributed by atoms with Gasteiger partial charge in [0, 0.05) is 11.8 Å². The molecular formula is C14H17N5. The molecule has 0 N–H and O–H groups in total. The van der Waals surface area contributed by atoms with Crippen LogP contribution in [0.1, 0.15) is 27.7 Å². The molecule has 0 spiro atoms. The first kappa shape index (κ1) is 12.0. The molecular weight excluding hydrogens is 238 g/mol. The molecule has 0 aromatic carbocycles. The number of nitrogens with zero attached hydrogens (tertiary/aromatic N) is 5. The minimum absolute atomic E-state index is 0.279. The Kier molecular flexibility index (Phi) is 2.69. The highest BCUT2D eigenvalue weighted by atomic mass is 15.4. The summed E-state index contributed by atoms with van der Waals surface area (Å²) < 4.78 is 0. The van der Waals surface area contributed by atoms with Crippen molar-refractivity contribution in [2.45, 2.75) is 27.7 Å². The standard InChI is InChI=1S/C14H17N5/c1-8(2)12-15-10-6-5-7-11-16-13(9(3)4)18-14(17-12)19(10)11/h5-9H,1-4H3. The lowest BCUT2D eigenvalue weighted by Gasteiger charge is -2.32. The summed E-state index contributed by atoms with van der Waals surface area (Å²) in [4.78, 5) is 20.2. The smallest absolute Gasteiger partial charge is 0.240 e. The zero-order valence-electron chi connectivity index (χ0n) is 11.6. The second-order valence-corrected chi connectivity index (χ2v) is 5.35. The Labute approximate surface area is 112 Å². The zero-order valence-corrected chi connectivity index (χ0v) is 11.6. The maximum atomic E-state index is 4.57. The van der Waals surface area contributed by atoms with Gasteiger partial charge in [-0.2, -0.15) is 9.98 Å². The van der Waals surface area contributed by atoms with Crippen molar-refractivity contribution >= 4 is 23.5 Å². The molecule has 0 aliphatic carbocycles. The molecule has 98 valence electrons. The van der Waals surface area contributed by atoms with E-state index in [0.29, 0.717) is 5.96 Å². The molecule has 19 heavy (non-hydrogen) atoms. The van der Waals surface area contributed by atoms with Gasteiger partial charge in [-0.25, -0.2) is 14.9 Å². The molecule has 0 saturated heterocycles. The van der Waals surface area contributed by atoms with Crippen LogP contribution < -0.4 is 0 Å². The monoisotopic (exact) mass is 255 g/mol. The second-order valence-electron chi connectivity index (χ2n) is 5.35. The molecule has 0 amide bonds. The van der Waals surface area contributed by atoms with Gasteiger partial charge in [0.15, 0.2) is 0 Å².